The minimum atomic E-state index is -0.0196. The molecular formula is C26H34ClN3O3S. The van der Waals surface area contributed by atoms with Crippen molar-refractivity contribution in [1.29, 1.82) is 0 Å². The lowest BCUT2D eigenvalue weighted by molar-refractivity contribution is 0.0376. The van der Waals surface area contributed by atoms with Crippen molar-refractivity contribution in [3.63, 3.8) is 0 Å². The van der Waals surface area contributed by atoms with Crippen LogP contribution in [-0.4, -0.2) is 61.8 Å². The number of benzene rings is 2. The van der Waals surface area contributed by atoms with E-state index in [9.17, 15) is 4.79 Å². The number of halogens is 1. The van der Waals surface area contributed by atoms with Crippen LogP contribution in [0, 0.1) is 6.92 Å². The summed E-state index contributed by atoms with van der Waals surface area (Å²) in [5, 5.41) is 0.759. The first-order valence-electron chi connectivity index (χ1n) is 11.9. The summed E-state index contributed by atoms with van der Waals surface area (Å²) in [6, 6.07) is 13.7. The molecule has 0 radical (unpaired) electrons. The van der Waals surface area contributed by atoms with Crippen molar-refractivity contribution in [2.75, 3.05) is 50.9 Å². The molecule has 1 saturated heterocycles. The molecule has 8 heteroatoms. The van der Waals surface area contributed by atoms with Crippen molar-refractivity contribution in [1.82, 2.24) is 9.88 Å². The van der Waals surface area contributed by atoms with Gasteiger partial charge in [0.1, 0.15) is 5.75 Å². The van der Waals surface area contributed by atoms with Crippen LogP contribution < -0.4 is 9.64 Å². The molecule has 2 aromatic carbocycles. The number of morpholine rings is 1. The number of nitrogens with zero attached hydrogens (tertiary/aromatic N) is 3. The largest absolute Gasteiger partial charge is 0.494 e. The van der Waals surface area contributed by atoms with Gasteiger partial charge < -0.3 is 9.47 Å². The highest BCUT2D eigenvalue weighted by Gasteiger charge is 2.22. The van der Waals surface area contributed by atoms with Gasteiger partial charge in [0.2, 0.25) is 0 Å². The predicted octanol–water partition coefficient (Wildman–Crippen LogP) is 5.57. The smallest absolute Gasteiger partial charge is 0.260 e. The molecular weight excluding hydrogens is 470 g/mol. The van der Waals surface area contributed by atoms with Gasteiger partial charge in [0.25, 0.3) is 5.91 Å². The summed E-state index contributed by atoms with van der Waals surface area (Å²) in [6.07, 6.45) is 3.01. The van der Waals surface area contributed by atoms with Crippen molar-refractivity contribution in [2.24, 2.45) is 0 Å². The standard InChI is InChI=1S/C26H33N3O3S.ClH/c1-3-4-17-32-22-11-9-21(10-12-22)25(30)29(14-6-13-28-15-18-31-19-16-28)26-27-24-20(2)7-5-8-23(24)33-26;/h5,7-12H,3-4,6,13-19H2,1-2H3;1H. The molecule has 0 bridgehead atoms. The average molecular weight is 504 g/mol. The Morgan fingerprint density at radius 3 is 2.62 bits per heavy atom. The predicted molar refractivity (Wildman–Crippen MR) is 142 cm³/mol. The number of carbonyl (C=O) groups is 1. The van der Waals surface area contributed by atoms with Crippen molar-refractivity contribution in [3.8, 4) is 5.75 Å². The Labute approximate surface area is 212 Å². The average Bonchev–Trinajstić information content (AvgIpc) is 3.28. The van der Waals surface area contributed by atoms with Gasteiger partial charge in [-0.05, 0) is 55.7 Å². The van der Waals surface area contributed by atoms with Crippen LogP contribution in [0.3, 0.4) is 0 Å². The zero-order chi connectivity index (χ0) is 23.0. The van der Waals surface area contributed by atoms with E-state index in [1.165, 1.54) is 0 Å². The van der Waals surface area contributed by atoms with Crippen LogP contribution in [0.2, 0.25) is 0 Å². The molecule has 1 aliphatic rings. The minimum absolute atomic E-state index is 0. The first-order chi connectivity index (χ1) is 16.2. The van der Waals surface area contributed by atoms with Crippen LogP contribution in [0.15, 0.2) is 42.5 Å². The third kappa shape index (κ3) is 6.69. The van der Waals surface area contributed by atoms with Gasteiger partial charge in [-0.3, -0.25) is 14.6 Å². The Kier molecular flexibility index (Phi) is 10.1. The summed E-state index contributed by atoms with van der Waals surface area (Å²) >= 11 is 1.58. The molecule has 3 aromatic rings. The summed E-state index contributed by atoms with van der Waals surface area (Å²) in [6.45, 7) is 9.95. The molecule has 0 unspecified atom stereocenters. The number of unbranched alkanes of at least 4 members (excludes halogenated alkanes) is 1. The van der Waals surface area contributed by atoms with Crippen molar-refractivity contribution >= 4 is 45.0 Å². The van der Waals surface area contributed by atoms with Gasteiger partial charge in [-0.25, -0.2) is 4.98 Å². The number of fused-ring (bicyclic) bond motifs is 1. The maximum Gasteiger partial charge on any atom is 0.260 e. The zero-order valence-corrected chi connectivity index (χ0v) is 21.6. The molecule has 2 heterocycles. The highest BCUT2D eigenvalue weighted by atomic mass is 35.5. The number of para-hydroxylation sites is 1. The lowest BCUT2D eigenvalue weighted by atomic mass is 10.2. The van der Waals surface area contributed by atoms with E-state index in [-0.39, 0.29) is 18.3 Å². The van der Waals surface area contributed by atoms with Crippen LogP contribution in [0.5, 0.6) is 5.75 Å². The molecule has 0 aliphatic carbocycles. The number of amides is 1. The van der Waals surface area contributed by atoms with Crippen LogP contribution in [0.1, 0.15) is 42.1 Å². The number of aryl methyl sites for hydroxylation is 1. The molecule has 0 N–H and O–H groups in total. The number of aromatic nitrogens is 1. The second-order valence-corrected chi connectivity index (χ2v) is 9.42. The molecule has 0 spiro atoms. The number of rotatable bonds is 10. The van der Waals surface area contributed by atoms with Gasteiger partial charge >= 0.3 is 0 Å². The van der Waals surface area contributed by atoms with E-state index in [0.29, 0.717) is 18.7 Å². The number of carbonyl (C=O) groups excluding carboxylic acids is 1. The summed E-state index contributed by atoms with van der Waals surface area (Å²) in [5.74, 6) is 0.781. The summed E-state index contributed by atoms with van der Waals surface area (Å²) in [5.41, 5.74) is 2.76. The van der Waals surface area contributed by atoms with E-state index < -0.39 is 0 Å². The van der Waals surface area contributed by atoms with E-state index >= 15 is 0 Å². The molecule has 0 saturated carbocycles. The Bertz CT molecular complexity index is 1050. The van der Waals surface area contributed by atoms with E-state index in [2.05, 4.69) is 30.9 Å². The van der Waals surface area contributed by atoms with E-state index in [1.54, 1.807) is 11.3 Å². The third-order valence-corrected chi connectivity index (χ3v) is 6.96. The lowest BCUT2D eigenvalue weighted by Crippen LogP contribution is -2.39. The Morgan fingerprint density at radius 1 is 1.15 bits per heavy atom. The number of hydrogen-bond acceptors (Lipinski definition) is 6. The third-order valence-electron chi connectivity index (χ3n) is 5.91. The van der Waals surface area contributed by atoms with Crippen molar-refractivity contribution in [2.45, 2.75) is 33.1 Å². The second kappa shape index (κ2) is 13.0. The van der Waals surface area contributed by atoms with Gasteiger partial charge in [0.05, 0.1) is 30.0 Å². The SMILES string of the molecule is CCCCOc1ccc(C(=O)N(CCCN2CCOCC2)c2nc3c(C)cccc3s2)cc1.Cl. The van der Waals surface area contributed by atoms with Gasteiger partial charge in [-0.15, -0.1) is 12.4 Å². The van der Waals surface area contributed by atoms with E-state index in [0.717, 1.165) is 78.8 Å². The Hall–Kier alpha value is -2.19. The second-order valence-electron chi connectivity index (χ2n) is 8.41. The molecule has 1 aromatic heterocycles. The lowest BCUT2D eigenvalue weighted by Gasteiger charge is -2.27. The van der Waals surface area contributed by atoms with E-state index in [1.807, 2.05) is 35.2 Å². The summed E-state index contributed by atoms with van der Waals surface area (Å²) < 4.78 is 12.3. The first kappa shape index (κ1) is 26.4. The Balaban J connectivity index is 0.00000324. The van der Waals surface area contributed by atoms with Crippen molar-refractivity contribution in [3.05, 3.63) is 53.6 Å². The van der Waals surface area contributed by atoms with Gasteiger partial charge in [-0.2, -0.15) is 0 Å². The maximum atomic E-state index is 13.6. The molecule has 184 valence electrons. The molecule has 1 amide bonds. The van der Waals surface area contributed by atoms with Crippen molar-refractivity contribution < 1.29 is 14.3 Å². The fourth-order valence-electron chi connectivity index (χ4n) is 3.94. The molecule has 0 atom stereocenters. The zero-order valence-electron chi connectivity index (χ0n) is 20.0. The first-order valence-corrected chi connectivity index (χ1v) is 12.7. The molecule has 34 heavy (non-hydrogen) atoms. The van der Waals surface area contributed by atoms with Gasteiger partial charge in [0.15, 0.2) is 5.13 Å². The number of hydrogen-bond donors (Lipinski definition) is 0. The normalized spacial score (nSPS) is 14.1. The van der Waals surface area contributed by atoms with E-state index in [4.69, 9.17) is 14.5 Å². The highest BCUT2D eigenvalue weighted by Crippen LogP contribution is 2.31. The molecule has 4 rings (SSSR count). The monoisotopic (exact) mass is 503 g/mol. The fraction of sp³-hybridized carbons (Fsp3) is 0.462. The Morgan fingerprint density at radius 2 is 1.91 bits per heavy atom. The van der Waals surface area contributed by atoms with Crippen LogP contribution in [-0.2, 0) is 4.74 Å². The highest BCUT2D eigenvalue weighted by molar-refractivity contribution is 7.22. The molecule has 6 nitrogen and oxygen atoms in total. The number of ether oxygens (including phenoxy) is 2. The van der Waals surface area contributed by atoms with Crippen LogP contribution in [0.4, 0.5) is 5.13 Å². The van der Waals surface area contributed by atoms with Crippen LogP contribution >= 0.6 is 23.7 Å². The van der Waals surface area contributed by atoms with Gasteiger partial charge in [0, 0.05) is 31.7 Å². The number of thiazole rings is 1. The summed E-state index contributed by atoms with van der Waals surface area (Å²) in [4.78, 5) is 22.7. The topological polar surface area (TPSA) is 54.9 Å². The quantitative estimate of drug-likeness (QED) is 0.338. The number of anilines is 1. The maximum absolute atomic E-state index is 13.6. The van der Waals surface area contributed by atoms with Crippen LogP contribution in [0.25, 0.3) is 10.2 Å². The van der Waals surface area contributed by atoms with Gasteiger partial charge in [-0.1, -0.05) is 36.8 Å². The minimum Gasteiger partial charge on any atom is -0.494 e. The fourth-order valence-corrected chi connectivity index (χ4v) is 5.00. The molecule has 1 aliphatic heterocycles. The molecule has 1 fully saturated rings. The summed E-state index contributed by atoms with van der Waals surface area (Å²) in [7, 11) is 0.